The third kappa shape index (κ3) is 4.88. The van der Waals surface area contributed by atoms with Crippen LogP contribution in [0.4, 0.5) is 4.79 Å². The fourth-order valence-corrected chi connectivity index (χ4v) is 13.8. The molecular formula is C42H61N3O3. The predicted molar refractivity (Wildman–Crippen MR) is 194 cm³/mol. The molecule has 6 heteroatoms. The van der Waals surface area contributed by atoms with Gasteiger partial charge in [0, 0.05) is 32.7 Å². The van der Waals surface area contributed by atoms with Crippen LogP contribution in [0.3, 0.4) is 0 Å². The first-order valence-corrected chi connectivity index (χ1v) is 19.1. The average molecular weight is 656 g/mol. The molecule has 0 spiro atoms. The first kappa shape index (κ1) is 33.9. The summed E-state index contributed by atoms with van der Waals surface area (Å²) in [5.74, 6) is 2.44. The Balaban J connectivity index is 1.15. The van der Waals surface area contributed by atoms with Gasteiger partial charge < -0.3 is 20.6 Å². The molecule has 0 bridgehead atoms. The molecule has 0 radical (unpaired) electrons. The maximum Gasteiger partial charge on any atom is 0.335 e. The lowest BCUT2D eigenvalue weighted by atomic mass is 9.32. The molecule has 1 aromatic carbocycles. The van der Waals surface area contributed by atoms with E-state index in [4.69, 9.17) is 0 Å². The number of fused-ring (bicyclic) bond motifs is 7. The molecule has 0 unspecified atom stereocenters. The molecule has 6 aliphatic rings. The third-order valence-corrected chi connectivity index (χ3v) is 16.2. The number of amides is 2. The van der Waals surface area contributed by atoms with Crippen LogP contribution in [0.2, 0.25) is 0 Å². The van der Waals surface area contributed by atoms with E-state index in [2.05, 4.69) is 64.8 Å². The number of carboxylic acid groups (broad SMARTS) is 1. The number of benzene rings is 1. The fraction of sp³-hybridized carbons (Fsp3) is 0.714. The van der Waals surface area contributed by atoms with Gasteiger partial charge in [0.25, 0.3) is 0 Å². The Kier molecular flexibility index (Phi) is 8.29. The lowest BCUT2D eigenvalue weighted by Crippen LogP contribution is -2.65. The van der Waals surface area contributed by atoms with E-state index in [0.717, 1.165) is 45.1 Å². The Bertz CT molecular complexity index is 1500. The van der Waals surface area contributed by atoms with E-state index < -0.39 is 5.97 Å². The highest BCUT2D eigenvalue weighted by molar-refractivity contribution is 5.88. The number of nitrogens with zero attached hydrogens (tertiary/aromatic N) is 1. The Morgan fingerprint density at radius 3 is 2.40 bits per heavy atom. The molecule has 0 aromatic heterocycles. The molecule has 7 rings (SSSR count). The largest absolute Gasteiger partial charge is 0.478 e. The number of rotatable bonds is 8. The minimum Gasteiger partial charge on any atom is -0.478 e. The minimum atomic E-state index is -0.863. The van der Waals surface area contributed by atoms with Gasteiger partial charge in [-0.05, 0) is 145 Å². The zero-order chi connectivity index (χ0) is 34.3. The van der Waals surface area contributed by atoms with E-state index in [1.54, 1.807) is 12.1 Å². The summed E-state index contributed by atoms with van der Waals surface area (Å²) < 4.78 is 0. The zero-order valence-electron chi connectivity index (χ0n) is 30.6. The van der Waals surface area contributed by atoms with Gasteiger partial charge in [0.15, 0.2) is 0 Å². The lowest BCUT2D eigenvalue weighted by Gasteiger charge is -2.72. The minimum absolute atomic E-state index is 0.0243. The summed E-state index contributed by atoms with van der Waals surface area (Å²) in [6, 6.07) is 7.69. The smallest absolute Gasteiger partial charge is 0.335 e. The van der Waals surface area contributed by atoms with Crippen LogP contribution in [0, 0.1) is 56.7 Å². The monoisotopic (exact) mass is 655 g/mol. The second-order valence-electron chi connectivity index (χ2n) is 18.4. The summed E-state index contributed by atoms with van der Waals surface area (Å²) in [5, 5.41) is 16.3. The van der Waals surface area contributed by atoms with E-state index in [1.807, 2.05) is 17.0 Å². The van der Waals surface area contributed by atoms with Gasteiger partial charge in [0.05, 0.1) is 5.56 Å². The molecule has 3 N–H and O–H groups in total. The van der Waals surface area contributed by atoms with Crippen molar-refractivity contribution in [2.24, 2.45) is 56.7 Å². The molecule has 2 amide bonds. The second-order valence-corrected chi connectivity index (χ2v) is 18.4. The molecule has 1 aliphatic heterocycles. The van der Waals surface area contributed by atoms with Crippen molar-refractivity contribution in [2.45, 2.75) is 99.3 Å². The predicted octanol–water partition coefficient (Wildman–Crippen LogP) is 8.65. The number of hydrogen-bond acceptors (Lipinski definition) is 3. The SMILES string of the molecule is C=C(C)[C@@H]1CC[C@]2(CNCCN3CCNC3=O)CC[C@]3(C)[C@H](CC[C@@H]4[C@@]5(C)CC=C(c6ccc(C(=O)O)cc6)C(C)(C)[C@@H]5CC[C@]43C)[C@@H]12. The zero-order valence-corrected chi connectivity index (χ0v) is 30.6. The van der Waals surface area contributed by atoms with Gasteiger partial charge in [0.2, 0.25) is 0 Å². The topological polar surface area (TPSA) is 81.7 Å². The highest BCUT2D eigenvalue weighted by atomic mass is 16.4. The molecule has 9 atom stereocenters. The number of hydrogen-bond donors (Lipinski definition) is 3. The fourth-order valence-electron chi connectivity index (χ4n) is 13.8. The van der Waals surface area contributed by atoms with Gasteiger partial charge in [-0.3, -0.25) is 0 Å². The summed E-state index contributed by atoms with van der Waals surface area (Å²) >= 11 is 0. The Morgan fingerprint density at radius 2 is 1.73 bits per heavy atom. The van der Waals surface area contributed by atoms with Crippen molar-refractivity contribution in [1.29, 1.82) is 0 Å². The summed E-state index contributed by atoms with van der Waals surface area (Å²) in [4.78, 5) is 25.6. The van der Waals surface area contributed by atoms with Crippen molar-refractivity contribution >= 4 is 17.6 Å². The molecule has 5 fully saturated rings. The van der Waals surface area contributed by atoms with Crippen molar-refractivity contribution in [3.63, 3.8) is 0 Å². The number of allylic oxidation sites excluding steroid dienone is 3. The first-order valence-electron chi connectivity index (χ1n) is 19.1. The Labute approximate surface area is 289 Å². The molecule has 1 heterocycles. The van der Waals surface area contributed by atoms with Crippen LogP contribution in [-0.4, -0.2) is 54.7 Å². The van der Waals surface area contributed by atoms with Crippen LogP contribution in [0.25, 0.3) is 5.57 Å². The maximum absolute atomic E-state index is 12.1. The summed E-state index contributed by atoms with van der Waals surface area (Å²) in [7, 11) is 0. The second kappa shape index (κ2) is 11.7. The van der Waals surface area contributed by atoms with Crippen LogP contribution in [0.1, 0.15) is 115 Å². The van der Waals surface area contributed by atoms with Gasteiger partial charge in [-0.25, -0.2) is 9.59 Å². The van der Waals surface area contributed by atoms with Crippen LogP contribution >= 0.6 is 0 Å². The number of carboxylic acids is 1. The highest BCUT2D eigenvalue weighted by Crippen LogP contribution is 2.77. The number of aromatic carboxylic acids is 1. The van der Waals surface area contributed by atoms with Crippen molar-refractivity contribution in [3.05, 3.63) is 53.6 Å². The van der Waals surface area contributed by atoms with Gasteiger partial charge in [-0.1, -0.05) is 65.0 Å². The summed E-state index contributed by atoms with van der Waals surface area (Å²) in [5.41, 5.74) is 5.55. The van der Waals surface area contributed by atoms with E-state index in [9.17, 15) is 14.7 Å². The number of nitrogens with one attached hydrogen (secondary N) is 2. The third-order valence-electron chi connectivity index (χ3n) is 16.2. The maximum atomic E-state index is 12.1. The van der Waals surface area contributed by atoms with Crippen LogP contribution in [0.15, 0.2) is 42.5 Å². The molecule has 1 aromatic rings. The van der Waals surface area contributed by atoms with Crippen molar-refractivity contribution < 1.29 is 14.7 Å². The van der Waals surface area contributed by atoms with Crippen LogP contribution in [0.5, 0.6) is 0 Å². The number of carbonyl (C=O) groups excluding carboxylic acids is 1. The molecule has 6 nitrogen and oxygen atoms in total. The van der Waals surface area contributed by atoms with E-state index in [1.165, 1.54) is 68.1 Å². The van der Waals surface area contributed by atoms with E-state index in [-0.39, 0.29) is 16.9 Å². The normalized spacial score (nSPS) is 41.4. The molecule has 4 saturated carbocycles. The number of urea groups is 1. The van der Waals surface area contributed by atoms with Crippen molar-refractivity contribution in [1.82, 2.24) is 15.5 Å². The molecular weight excluding hydrogens is 594 g/mol. The Hall–Kier alpha value is -2.60. The summed E-state index contributed by atoms with van der Waals surface area (Å²) in [6.07, 6.45) is 14.1. The van der Waals surface area contributed by atoms with Gasteiger partial charge in [-0.2, -0.15) is 0 Å². The lowest BCUT2D eigenvalue weighted by molar-refractivity contribution is -0.225. The van der Waals surface area contributed by atoms with Crippen molar-refractivity contribution in [3.8, 4) is 0 Å². The number of carbonyl (C=O) groups is 2. The summed E-state index contributed by atoms with van der Waals surface area (Å²) in [6.45, 7) is 24.2. The molecule has 1 saturated heterocycles. The molecule has 5 aliphatic carbocycles. The van der Waals surface area contributed by atoms with Gasteiger partial charge in [-0.15, -0.1) is 0 Å². The van der Waals surface area contributed by atoms with Gasteiger partial charge in [0.1, 0.15) is 0 Å². The molecule has 48 heavy (non-hydrogen) atoms. The van der Waals surface area contributed by atoms with E-state index >= 15 is 0 Å². The quantitative estimate of drug-likeness (QED) is 0.193. The van der Waals surface area contributed by atoms with Crippen LogP contribution in [-0.2, 0) is 0 Å². The van der Waals surface area contributed by atoms with Crippen molar-refractivity contribution in [2.75, 3.05) is 32.7 Å². The van der Waals surface area contributed by atoms with Gasteiger partial charge >= 0.3 is 12.0 Å². The molecule has 262 valence electrons. The van der Waals surface area contributed by atoms with E-state index in [0.29, 0.717) is 45.5 Å². The average Bonchev–Trinajstić information content (AvgIpc) is 3.63. The Morgan fingerprint density at radius 1 is 0.979 bits per heavy atom. The highest BCUT2D eigenvalue weighted by Gasteiger charge is 2.70. The standard InChI is InChI=1S/C42H61N3O3/c1-27(2)30-14-19-42(26-43-22-24-45-25-23-44-37(45)48)21-20-40(6)32(35(30)42)12-13-34-39(5)17-15-31(28-8-10-29(11-9-28)36(46)47)38(3,4)33(39)16-18-41(34,40)7/h8-11,15,30,32-35,43H,1,12-14,16-26H2,2-7H3,(H,44,48)(H,46,47)/t30-,32+,33-,34+,35+,39-,40+,41+,42+/m0/s1. The van der Waals surface area contributed by atoms with Crippen LogP contribution < -0.4 is 10.6 Å². The first-order chi connectivity index (χ1) is 22.7.